The van der Waals surface area contributed by atoms with Crippen LogP contribution in [-0.2, 0) is 6.42 Å². The van der Waals surface area contributed by atoms with Crippen LogP contribution in [0.4, 0.5) is 0 Å². The van der Waals surface area contributed by atoms with E-state index in [1.165, 1.54) is 18.4 Å². The Morgan fingerprint density at radius 1 is 1.30 bits per heavy atom. The normalized spacial score (nSPS) is 18.8. The number of aryl methyl sites for hydroxylation is 1. The second kappa shape index (κ2) is 6.83. The van der Waals surface area contributed by atoms with E-state index in [4.69, 9.17) is 4.74 Å². The zero-order valence-electron chi connectivity index (χ0n) is 12.9. The van der Waals surface area contributed by atoms with Crippen molar-refractivity contribution in [3.63, 3.8) is 0 Å². The Hall–Kier alpha value is -1.44. The number of hydrogen-bond acceptors (Lipinski definition) is 2. The molecule has 2 rings (SSSR count). The topological polar surface area (TPSA) is 29.5 Å². The van der Waals surface area contributed by atoms with Crippen molar-refractivity contribution < 1.29 is 9.84 Å². The summed E-state index contributed by atoms with van der Waals surface area (Å²) in [5.41, 5.74) is 3.56. The average Bonchev–Trinajstić information content (AvgIpc) is 2.39. The van der Waals surface area contributed by atoms with Crippen LogP contribution in [0.15, 0.2) is 23.8 Å². The third-order valence-corrected chi connectivity index (χ3v) is 3.96. The summed E-state index contributed by atoms with van der Waals surface area (Å²) in [6.07, 6.45) is 7.81. The Balaban J connectivity index is 2.42. The number of hydrogen-bond donors (Lipinski definition) is 1. The van der Waals surface area contributed by atoms with Crippen LogP contribution < -0.4 is 4.74 Å². The molecular weight excluding hydrogens is 248 g/mol. The van der Waals surface area contributed by atoms with Crippen molar-refractivity contribution in [3.8, 4) is 11.5 Å². The molecule has 20 heavy (non-hydrogen) atoms. The van der Waals surface area contributed by atoms with E-state index in [0.29, 0.717) is 18.3 Å². The van der Waals surface area contributed by atoms with Gasteiger partial charge in [-0.3, -0.25) is 0 Å². The molecule has 1 atom stereocenters. The minimum absolute atomic E-state index is 0.293. The summed E-state index contributed by atoms with van der Waals surface area (Å²) < 4.78 is 5.80. The molecule has 1 aliphatic rings. The molecule has 0 aromatic heterocycles. The van der Waals surface area contributed by atoms with Crippen molar-refractivity contribution >= 4 is 0 Å². The molecule has 0 saturated heterocycles. The monoisotopic (exact) mass is 274 g/mol. The first kappa shape index (κ1) is 15.0. The Labute approximate surface area is 122 Å². The quantitative estimate of drug-likeness (QED) is 0.769. The Morgan fingerprint density at radius 3 is 2.75 bits per heavy atom. The van der Waals surface area contributed by atoms with Crippen LogP contribution in [0.1, 0.15) is 63.5 Å². The van der Waals surface area contributed by atoms with Gasteiger partial charge in [-0.05, 0) is 57.2 Å². The van der Waals surface area contributed by atoms with Crippen LogP contribution >= 0.6 is 0 Å². The Kier molecular flexibility index (Phi) is 5.11. The van der Waals surface area contributed by atoms with E-state index in [9.17, 15) is 5.11 Å². The Morgan fingerprint density at radius 2 is 2.10 bits per heavy atom. The van der Waals surface area contributed by atoms with Crippen molar-refractivity contribution in [2.75, 3.05) is 6.61 Å². The highest BCUT2D eigenvalue weighted by Gasteiger charge is 2.22. The standard InChI is InChI=1S/C18H26O2/c1-4-7-14-11-16(19)18(17(12-14)20-5-2)15-9-6-8-13(3)10-15/h10-12,15,19H,4-9H2,1-3H3/t15-/m0/s1. The fourth-order valence-corrected chi connectivity index (χ4v) is 3.09. The molecule has 0 heterocycles. The maximum absolute atomic E-state index is 10.5. The number of rotatable bonds is 5. The number of ether oxygens (including phenoxy) is 1. The molecule has 1 N–H and O–H groups in total. The second-order valence-corrected chi connectivity index (χ2v) is 5.72. The van der Waals surface area contributed by atoms with Gasteiger partial charge in [-0.2, -0.15) is 0 Å². The molecule has 0 unspecified atom stereocenters. The van der Waals surface area contributed by atoms with Gasteiger partial charge in [0.25, 0.3) is 0 Å². The third-order valence-electron chi connectivity index (χ3n) is 3.96. The number of aromatic hydroxyl groups is 1. The van der Waals surface area contributed by atoms with Crippen LogP contribution in [0.25, 0.3) is 0 Å². The molecule has 1 aromatic carbocycles. The maximum atomic E-state index is 10.5. The highest BCUT2D eigenvalue weighted by atomic mass is 16.5. The van der Waals surface area contributed by atoms with Crippen molar-refractivity contribution in [2.45, 2.75) is 58.8 Å². The molecule has 2 nitrogen and oxygen atoms in total. The van der Waals surface area contributed by atoms with Gasteiger partial charge in [-0.1, -0.05) is 25.0 Å². The first-order chi connectivity index (χ1) is 9.65. The van der Waals surface area contributed by atoms with Gasteiger partial charge in [0.2, 0.25) is 0 Å². The fourth-order valence-electron chi connectivity index (χ4n) is 3.09. The molecule has 110 valence electrons. The van der Waals surface area contributed by atoms with E-state index in [0.717, 1.165) is 36.1 Å². The van der Waals surface area contributed by atoms with Crippen molar-refractivity contribution in [1.29, 1.82) is 0 Å². The van der Waals surface area contributed by atoms with Crippen molar-refractivity contribution in [1.82, 2.24) is 0 Å². The molecule has 0 radical (unpaired) electrons. The number of phenolic OH excluding ortho intramolecular Hbond substituents is 1. The first-order valence-electron chi connectivity index (χ1n) is 7.81. The summed E-state index contributed by atoms with van der Waals surface area (Å²) >= 11 is 0. The molecule has 1 aliphatic carbocycles. The molecule has 0 saturated carbocycles. The van der Waals surface area contributed by atoms with E-state index in [1.54, 1.807) is 0 Å². The fraction of sp³-hybridized carbons (Fsp3) is 0.556. The van der Waals surface area contributed by atoms with Gasteiger partial charge < -0.3 is 9.84 Å². The van der Waals surface area contributed by atoms with E-state index >= 15 is 0 Å². The highest BCUT2D eigenvalue weighted by molar-refractivity contribution is 5.51. The minimum atomic E-state index is 0.293. The second-order valence-electron chi connectivity index (χ2n) is 5.72. The van der Waals surface area contributed by atoms with Crippen LogP contribution in [0.3, 0.4) is 0 Å². The molecule has 2 heteroatoms. The Bertz CT molecular complexity index is 488. The summed E-state index contributed by atoms with van der Waals surface area (Å²) in [5.74, 6) is 1.56. The number of allylic oxidation sites excluding steroid dienone is 2. The van der Waals surface area contributed by atoms with Crippen LogP contribution in [0, 0.1) is 0 Å². The molecule has 0 spiro atoms. The molecule has 0 aliphatic heterocycles. The molecule has 1 aromatic rings. The lowest BCUT2D eigenvalue weighted by Gasteiger charge is -2.23. The van der Waals surface area contributed by atoms with Crippen LogP contribution in [0.2, 0.25) is 0 Å². The van der Waals surface area contributed by atoms with Gasteiger partial charge in [0, 0.05) is 11.5 Å². The SMILES string of the molecule is CCCc1cc(O)c([C@@H]2C=C(C)CCC2)c(OCC)c1. The predicted octanol–water partition coefficient (Wildman–Crippen LogP) is 4.96. The largest absolute Gasteiger partial charge is 0.507 e. The summed E-state index contributed by atoms with van der Waals surface area (Å²) in [6.45, 7) is 6.96. The van der Waals surface area contributed by atoms with E-state index in [2.05, 4.69) is 26.0 Å². The van der Waals surface area contributed by atoms with Gasteiger partial charge in [-0.15, -0.1) is 0 Å². The van der Waals surface area contributed by atoms with Crippen molar-refractivity contribution in [2.24, 2.45) is 0 Å². The zero-order chi connectivity index (χ0) is 14.5. The predicted molar refractivity (Wildman–Crippen MR) is 83.6 cm³/mol. The van der Waals surface area contributed by atoms with E-state index in [-0.39, 0.29) is 0 Å². The third kappa shape index (κ3) is 3.36. The zero-order valence-corrected chi connectivity index (χ0v) is 12.9. The number of benzene rings is 1. The highest BCUT2D eigenvalue weighted by Crippen LogP contribution is 2.42. The lowest BCUT2D eigenvalue weighted by atomic mass is 9.84. The van der Waals surface area contributed by atoms with Gasteiger partial charge in [-0.25, -0.2) is 0 Å². The van der Waals surface area contributed by atoms with E-state index in [1.807, 2.05) is 13.0 Å². The van der Waals surface area contributed by atoms with Gasteiger partial charge in [0.1, 0.15) is 11.5 Å². The minimum Gasteiger partial charge on any atom is -0.507 e. The lowest BCUT2D eigenvalue weighted by molar-refractivity contribution is 0.329. The molecule has 0 bridgehead atoms. The maximum Gasteiger partial charge on any atom is 0.127 e. The van der Waals surface area contributed by atoms with Crippen molar-refractivity contribution in [3.05, 3.63) is 34.9 Å². The van der Waals surface area contributed by atoms with Crippen LogP contribution in [0.5, 0.6) is 11.5 Å². The average molecular weight is 274 g/mol. The van der Waals surface area contributed by atoms with E-state index < -0.39 is 0 Å². The smallest absolute Gasteiger partial charge is 0.127 e. The number of phenols is 1. The van der Waals surface area contributed by atoms with Gasteiger partial charge in [0.05, 0.1) is 6.61 Å². The molecular formula is C18H26O2. The first-order valence-corrected chi connectivity index (χ1v) is 7.81. The summed E-state index contributed by atoms with van der Waals surface area (Å²) in [5, 5.41) is 10.5. The summed E-state index contributed by atoms with van der Waals surface area (Å²) in [4.78, 5) is 0. The summed E-state index contributed by atoms with van der Waals surface area (Å²) in [7, 11) is 0. The van der Waals surface area contributed by atoms with Gasteiger partial charge in [0.15, 0.2) is 0 Å². The summed E-state index contributed by atoms with van der Waals surface area (Å²) in [6, 6.07) is 4.03. The van der Waals surface area contributed by atoms with Gasteiger partial charge >= 0.3 is 0 Å². The lowest BCUT2D eigenvalue weighted by Crippen LogP contribution is -2.06. The van der Waals surface area contributed by atoms with Crippen LogP contribution in [-0.4, -0.2) is 11.7 Å². The molecule has 0 amide bonds. The molecule has 0 fully saturated rings.